The van der Waals surface area contributed by atoms with Gasteiger partial charge in [0.25, 0.3) is 0 Å². The van der Waals surface area contributed by atoms with Crippen molar-refractivity contribution in [3.05, 3.63) is 0 Å². The molecule has 0 radical (unpaired) electrons. The average molecular weight is 272 g/mol. The Labute approximate surface area is 119 Å². The lowest BCUT2D eigenvalue weighted by molar-refractivity contribution is 0.318. The number of hydrogen-bond donors (Lipinski definition) is 1. The molecule has 0 aromatic carbocycles. The molecular weight excluding hydrogens is 238 g/mol. The van der Waals surface area contributed by atoms with Crippen LogP contribution >= 0.6 is 11.8 Å². The van der Waals surface area contributed by atoms with Gasteiger partial charge in [-0.1, -0.05) is 34.1 Å². The lowest BCUT2D eigenvalue weighted by atomic mass is 9.86. The molecule has 0 aromatic rings. The highest BCUT2D eigenvalue weighted by molar-refractivity contribution is 8.00. The van der Waals surface area contributed by atoms with Crippen LogP contribution in [0, 0.1) is 5.41 Å². The molecule has 2 unspecified atom stereocenters. The number of nitrogens with one attached hydrogen (secondary N) is 1. The van der Waals surface area contributed by atoms with Crippen molar-refractivity contribution < 1.29 is 0 Å². The summed E-state index contributed by atoms with van der Waals surface area (Å²) in [6.07, 6.45) is 8.11. The first-order chi connectivity index (χ1) is 8.37. The van der Waals surface area contributed by atoms with Gasteiger partial charge in [0, 0.05) is 10.8 Å². The summed E-state index contributed by atoms with van der Waals surface area (Å²) < 4.78 is 0.493. The van der Waals surface area contributed by atoms with Crippen molar-refractivity contribution in [1.82, 2.24) is 5.32 Å². The van der Waals surface area contributed by atoms with E-state index in [4.69, 9.17) is 0 Å². The van der Waals surface area contributed by atoms with E-state index in [9.17, 15) is 0 Å². The fourth-order valence-corrected chi connectivity index (χ4v) is 4.30. The summed E-state index contributed by atoms with van der Waals surface area (Å²) in [5.74, 6) is 1.36. The van der Waals surface area contributed by atoms with Gasteiger partial charge in [-0.3, -0.25) is 0 Å². The largest absolute Gasteiger partial charge is 0.313 e. The second-order valence-electron chi connectivity index (χ2n) is 7.22. The minimum atomic E-state index is 0.485. The van der Waals surface area contributed by atoms with Crippen LogP contribution < -0.4 is 5.32 Å². The molecule has 0 aliphatic carbocycles. The lowest BCUT2D eigenvalue weighted by Crippen LogP contribution is -2.45. The van der Waals surface area contributed by atoms with Crippen LogP contribution in [0.2, 0.25) is 0 Å². The van der Waals surface area contributed by atoms with Crippen molar-refractivity contribution in [3.8, 4) is 0 Å². The van der Waals surface area contributed by atoms with Gasteiger partial charge in [0.2, 0.25) is 0 Å². The molecule has 0 amide bonds. The van der Waals surface area contributed by atoms with Gasteiger partial charge >= 0.3 is 0 Å². The number of hydrogen-bond acceptors (Lipinski definition) is 2. The summed E-state index contributed by atoms with van der Waals surface area (Å²) in [5.41, 5.74) is 0.485. The van der Waals surface area contributed by atoms with Crippen LogP contribution in [0.15, 0.2) is 0 Å². The third-order valence-corrected chi connectivity index (χ3v) is 5.69. The second kappa shape index (κ2) is 7.19. The molecule has 0 aromatic heterocycles. The van der Waals surface area contributed by atoms with Crippen molar-refractivity contribution in [1.29, 1.82) is 0 Å². The first kappa shape index (κ1) is 16.4. The number of rotatable bonds is 7. The van der Waals surface area contributed by atoms with E-state index in [-0.39, 0.29) is 0 Å². The summed E-state index contributed by atoms with van der Waals surface area (Å²) in [6, 6.07) is 0.715. The van der Waals surface area contributed by atoms with Gasteiger partial charge in [-0.2, -0.15) is 11.8 Å². The number of thioether (sulfide) groups is 1. The third kappa shape index (κ3) is 5.52. The standard InChI is InChI=1S/C16H33NS/c1-6-12-17-14(9-7-10-15(2,3)4)16(5)11-8-13-18-16/h14,17H,6-13H2,1-5H3. The van der Waals surface area contributed by atoms with Crippen molar-refractivity contribution in [2.24, 2.45) is 5.41 Å². The Hall–Kier alpha value is 0.310. The van der Waals surface area contributed by atoms with Gasteiger partial charge in [0.1, 0.15) is 0 Å². The van der Waals surface area contributed by atoms with Crippen LogP contribution in [-0.2, 0) is 0 Å². The molecule has 108 valence electrons. The molecule has 1 rings (SSSR count). The van der Waals surface area contributed by atoms with Crippen molar-refractivity contribution in [2.75, 3.05) is 12.3 Å². The molecule has 0 spiro atoms. The van der Waals surface area contributed by atoms with Crippen LogP contribution in [0.1, 0.15) is 73.1 Å². The molecule has 0 bridgehead atoms. The highest BCUT2D eigenvalue weighted by Gasteiger charge is 2.37. The Bertz CT molecular complexity index is 226. The molecule has 1 aliphatic rings. The molecule has 1 aliphatic heterocycles. The maximum Gasteiger partial charge on any atom is 0.0285 e. The highest BCUT2D eigenvalue weighted by atomic mass is 32.2. The molecule has 0 saturated carbocycles. The monoisotopic (exact) mass is 271 g/mol. The smallest absolute Gasteiger partial charge is 0.0285 e. The van der Waals surface area contributed by atoms with Crippen LogP contribution in [0.4, 0.5) is 0 Å². The summed E-state index contributed by atoms with van der Waals surface area (Å²) >= 11 is 2.20. The predicted octanol–water partition coefficient (Wildman–Crippen LogP) is 4.86. The summed E-state index contributed by atoms with van der Waals surface area (Å²) in [5, 5.41) is 3.82. The Morgan fingerprint density at radius 3 is 2.56 bits per heavy atom. The van der Waals surface area contributed by atoms with E-state index >= 15 is 0 Å². The molecule has 1 nitrogen and oxygen atoms in total. The fourth-order valence-electron chi connectivity index (χ4n) is 2.85. The minimum absolute atomic E-state index is 0.485. The van der Waals surface area contributed by atoms with Crippen LogP contribution in [-0.4, -0.2) is 23.1 Å². The molecule has 2 heteroatoms. The maximum atomic E-state index is 3.82. The zero-order valence-electron chi connectivity index (χ0n) is 13.1. The zero-order chi connectivity index (χ0) is 13.6. The Morgan fingerprint density at radius 2 is 2.06 bits per heavy atom. The van der Waals surface area contributed by atoms with E-state index in [2.05, 4.69) is 51.7 Å². The fraction of sp³-hybridized carbons (Fsp3) is 1.00. The summed E-state index contributed by atoms with van der Waals surface area (Å²) in [7, 11) is 0. The van der Waals surface area contributed by atoms with Crippen molar-refractivity contribution in [3.63, 3.8) is 0 Å². The zero-order valence-corrected chi connectivity index (χ0v) is 14.0. The molecule has 1 saturated heterocycles. The molecule has 18 heavy (non-hydrogen) atoms. The van der Waals surface area contributed by atoms with Gasteiger partial charge in [-0.05, 0) is 56.7 Å². The maximum absolute atomic E-state index is 3.82. The van der Waals surface area contributed by atoms with Crippen molar-refractivity contribution in [2.45, 2.75) is 83.9 Å². The van der Waals surface area contributed by atoms with E-state index in [1.807, 2.05) is 0 Å². The summed E-state index contributed by atoms with van der Waals surface area (Å²) in [6.45, 7) is 13.0. The Morgan fingerprint density at radius 1 is 1.33 bits per heavy atom. The van der Waals surface area contributed by atoms with E-state index < -0.39 is 0 Å². The van der Waals surface area contributed by atoms with Crippen molar-refractivity contribution >= 4 is 11.8 Å². The van der Waals surface area contributed by atoms with E-state index in [0.717, 1.165) is 0 Å². The van der Waals surface area contributed by atoms with Gasteiger partial charge in [0.05, 0.1) is 0 Å². The topological polar surface area (TPSA) is 12.0 Å². The first-order valence-electron chi connectivity index (χ1n) is 7.75. The quantitative estimate of drug-likeness (QED) is 0.710. The van der Waals surface area contributed by atoms with Gasteiger partial charge in [0.15, 0.2) is 0 Å². The first-order valence-corrected chi connectivity index (χ1v) is 8.73. The Balaban J connectivity index is 2.45. The molecule has 2 atom stereocenters. The minimum Gasteiger partial charge on any atom is -0.313 e. The lowest BCUT2D eigenvalue weighted by Gasteiger charge is -2.35. The average Bonchev–Trinajstić information content (AvgIpc) is 2.69. The van der Waals surface area contributed by atoms with E-state index in [1.54, 1.807) is 0 Å². The second-order valence-corrected chi connectivity index (χ2v) is 8.85. The Kier molecular flexibility index (Phi) is 6.54. The SMILES string of the molecule is CCCNC(CCCC(C)(C)C)C1(C)CCCS1. The van der Waals surface area contributed by atoms with E-state index in [1.165, 1.54) is 50.8 Å². The van der Waals surface area contributed by atoms with Crippen LogP contribution in [0.25, 0.3) is 0 Å². The molecule has 1 fully saturated rings. The van der Waals surface area contributed by atoms with Crippen LogP contribution in [0.3, 0.4) is 0 Å². The van der Waals surface area contributed by atoms with Gasteiger partial charge in [-0.25, -0.2) is 0 Å². The third-order valence-electron chi connectivity index (χ3n) is 4.05. The highest BCUT2D eigenvalue weighted by Crippen LogP contribution is 2.42. The van der Waals surface area contributed by atoms with Gasteiger partial charge in [-0.15, -0.1) is 0 Å². The molecule has 1 heterocycles. The van der Waals surface area contributed by atoms with E-state index in [0.29, 0.717) is 16.2 Å². The summed E-state index contributed by atoms with van der Waals surface area (Å²) in [4.78, 5) is 0. The van der Waals surface area contributed by atoms with Crippen LogP contribution in [0.5, 0.6) is 0 Å². The normalized spacial score (nSPS) is 26.5. The van der Waals surface area contributed by atoms with Gasteiger partial charge < -0.3 is 5.32 Å². The molecule has 1 N–H and O–H groups in total. The predicted molar refractivity (Wildman–Crippen MR) is 85.5 cm³/mol. The molecular formula is C16H33NS.